The Morgan fingerprint density at radius 2 is 2.06 bits per heavy atom. The van der Waals surface area contributed by atoms with Crippen LogP contribution in [0.2, 0.25) is 5.02 Å². The van der Waals surface area contributed by atoms with E-state index >= 15 is 0 Å². The molecule has 1 rings (SSSR count). The Bertz CT molecular complexity index is 369. The van der Waals surface area contributed by atoms with Crippen molar-refractivity contribution in [2.24, 2.45) is 0 Å². The first-order valence-corrected chi connectivity index (χ1v) is 5.75. The predicted octanol–water partition coefficient (Wildman–Crippen LogP) is 1.83. The third-order valence-corrected chi connectivity index (χ3v) is 2.54. The van der Waals surface area contributed by atoms with E-state index in [1.807, 2.05) is 12.1 Å². The molecular weight excluding hydrogens is 242 g/mol. The first-order chi connectivity index (χ1) is 8.08. The van der Waals surface area contributed by atoms with Gasteiger partial charge in [0, 0.05) is 13.1 Å². The zero-order valence-electron chi connectivity index (χ0n) is 10.3. The second kappa shape index (κ2) is 6.69. The van der Waals surface area contributed by atoms with Crippen LogP contribution in [0.1, 0.15) is 12.5 Å². The topological polar surface area (TPSA) is 50.7 Å². The van der Waals surface area contributed by atoms with Crippen molar-refractivity contribution in [2.75, 3.05) is 20.8 Å². The van der Waals surface area contributed by atoms with Crippen LogP contribution < -0.4 is 14.8 Å². The summed E-state index contributed by atoms with van der Waals surface area (Å²) in [5.74, 6) is 1.14. The summed E-state index contributed by atoms with van der Waals surface area (Å²) in [6.45, 7) is 2.88. The van der Waals surface area contributed by atoms with Crippen LogP contribution in [-0.4, -0.2) is 32.0 Å². The summed E-state index contributed by atoms with van der Waals surface area (Å²) in [4.78, 5) is 0. The number of hydrogen-bond donors (Lipinski definition) is 2. The van der Waals surface area contributed by atoms with Gasteiger partial charge >= 0.3 is 0 Å². The Hall–Kier alpha value is -0.970. The Morgan fingerprint density at radius 1 is 1.35 bits per heavy atom. The van der Waals surface area contributed by atoms with E-state index in [4.69, 9.17) is 26.2 Å². The highest BCUT2D eigenvalue weighted by Crippen LogP contribution is 2.35. The van der Waals surface area contributed by atoms with Crippen molar-refractivity contribution in [3.05, 3.63) is 22.7 Å². The van der Waals surface area contributed by atoms with Gasteiger partial charge in [-0.1, -0.05) is 11.6 Å². The summed E-state index contributed by atoms with van der Waals surface area (Å²) in [6, 6.07) is 3.68. The smallest absolute Gasteiger partial charge is 0.179 e. The van der Waals surface area contributed by atoms with Gasteiger partial charge in [-0.15, -0.1) is 0 Å². The molecule has 0 aliphatic carbocycles. The first-order valence-electron chi connectivity index (χ1n) is 5.37. The normalized spacial score (nSPS) is 12.3. The van der Waals surface area contributed by atoms with E-state index in [1.165, 1.54) is 0 Å². The lowest BCUT2D eigenvalue weighted by molar-refractivity contribution is 0.191. The number of benzene rings is 1. The minimum atomic E-state index is -0.370. The predicted molar refractivity (Wildman–Crippen MR) is 67.9 cm³/mol. The van der Waals surface area contributed by atoms with Crippen LogP contribution in [0.4, 0.5) is 0 Å². The zero-order valence-corrected chi connectivity index (χ0v) is 11.0. The van der Waals surface area contributed by atoms with E-state index in [2.05, 4.69) is 5.32 Å². The molecule has 0 spiro atoms. The number of hydrogen-bond acceptors (Lipinski definition) is 4. The summed E-state index contributed by atoms with van der Waals surface area (Å²) >= 11 is 6.07. The first kappa shape index (κ1) is 14.1. The molecule has 0 heterocycles. The number of ether oxygens (including phenoxy) is 2. The standard InChI is InChI=1S/C12H18ClNO3/c1-8(15)6-14-7-9-4-10(13)12(17-3)11(5-9)16-2/h4-5,8,14-15H,6-7H2,1-3H3/t8-/m0/s1. The zero-order chi connectivity index (χ0) is 12.8. The third kappa shape index (κ3) is 4.07. The molecule has 0 amide bonds. The summed E-state index contributed by atoms with van der Waals surface area (Å²) in [5, 5.41) is 12.8. The van der Waals surface area contributed by atoms with Gasteiger partial charge in [0.15, 0.2) is 11.5 Å². The van der Waals surface area contributed by atoms with Crippen LogP contribution in [0.15, 0.2) is 12.1 Å². The van der Waals surface area contributed by atoms with Gasteiger partial charge in [-0.3, -0.25) is 0 Å². The maximum Gasteiger partial charge on any atom is 0.179 e. The highest BCUT2D eigenvalue weighted by Gasteiger charge is 2.10. The van der Waals surface area contributed by atoms with E-state index < -0.39 is 0 Å². The molecule has 0 bridgehead atoms. The molecule has 0 fully saturated rings. The number of aliphatic hydroxyl groups excluding tert-OH is 1. The fourth-order valence-corrected chi connectivity index (χ4v) is 1.81. The van der Waals surface area contributed by atoms with Crippen molar-refractivity contribution >= 4 is 11.6 Å². The maximum atomic E-state index is 9.13. The molecular formula is C12H18ClNO3. The molecule has 0 radical (unpaired) electrons. The molecule has 5 heteroatoms. The van der Waals surface area contributed by atoms with Gasteiger partial charge in [0.25, 0.3) is 0 Å². The maximum absolute atomic E-state index is 9.13. The van der Waals surface area contributed by atoms with Gasteiger partial charge in [0.1, 0.15) is 0 Å². The van der Waals surface area contributed by atoms with Crippen LogP contribution in [0.3, 0.4) is 0 Å². The van der Waals surface area contributed by atoms with Gasteiger partial charge in [-0.2, -0.15) is 0 Å². The van der Waals surface area contributed by atoms with Crippen molar-refractivity contribution in [2.45, 2.75) is 19.6 Å². The van der Waals surface area contributed by atoms with Crippen LogP contribution in [0.25, 0.3) is 0 Å². The quantitative estimate of drug-likeness (QED) is 0.818. The fraction of sp³-hybridized carbons (Fsp3) is 0.500. The summed E-state index contributed by atoms with van der Waals surface area (Å²) in [5.41, 5.74) is 0.980. The number of methoxy groups -OCH3 is 2. The second-order valence-corrected chi connectivity index (χ2v) is 4.20. The molecule has 1 atom stereocenters. The van der Waals surface area contributed by atoms with Crippen LogP contribution in [0.5, 0.6) is 11.5 Å². The van der Waals surface area contributed by atoms with Crippen molar-refractivity contribution in [1.82, 2.24) is 5.32 Å². The lowest BCUT2D eigenvalue weighted by Crippen LogP contribution is -2.23. The van der Waals surface area contributed by atoms with Crippen LogP contribution >= 0.6 is 11.6 Å². The highest BCUT2D eigenvalue weighted by molar-refractivity contribution is 6.32. The Morgan fingerprint density at radius 3 is 2.59 bits per heavy atom. The summed E-state index contributed by atoms with van der Waals surface area (Å²) in [7, 11) is 3.12. The van der Waals surface area contributed by atoms with Crippen LogP contribution in [-0.2, 0) is 6.54 Å². The molecule has 1 aromatic carbocycles. The molecule has 0 saturated heterocycles. The van der Waals surface area contributed by atoms with Gasteiger partial charge in [-0.25, -0.2) is 0 Å². The molecule has 17 heavy (non-hydrogen) atoms. The van der Waals surface area contributed by atoms with Gasteiger partial charge < -0.3 is 19.9 Å². The largest absolute Gasteiger partial charge is 0.493 e. The molecule has 4 nitrogen and oxygen atoms in total. The number of aliphatic hydroxyl groups is 1. The lowest BCUT2D eigenvalue weighted by Gasteiger charge is -2.12. The van der Waals surface area contributed by atoms with Gasteiger partial charge in [0.2, 0.25) is 0 Å². The molecule has 0 saturated carbocycles. The van der Waals surface area contributed by atoms with E-state index in [0.29, 0.717) is 29.6 Å². The van der Waals surface area contributed by atoms with E-state index in [-0.39, 0.29) is 6.10 Å². The number of nitrogens with one attached hydrogen (secondary N) is 1. The van der Waals surface area contributed by atoms with Crippen molar-refractivity contribution in [1.29, 1.82) is 0 Å². The molecule has 0 unspecified atom stereocenters. The summed E-state index contributed by atoms with van der Waals surface area (Å²) < 4.78 is 10.3. The molecule has 2 N–H and O–H groups in total. The van der Waals surface area contributed by atoms with E-state index in [1.54, 1.807) is 21.1 Å². The Kier molecular flexibility index (Phi) is 5.55. The monoisotopic (exact) mass is 259 g/mol. The Labute approximate surface area is 106 Å². The minimum Gasteiger partial charge on any atom is -0.493 e. The molecule has 0 aliphatic heterocycles. The SMILES string of the molecule is COc1cc(CNC[C@H](C)O)cc(Cl)c1OC. The molecule has 0 aliphatic rings. The van der Waals surface area contributed by atoms with Crippen molar-refractivity contribution < 1.29 is 14.6 Å². The minimum absolute atomic E-state index is 0.370. The van der Waals surface area contributed by atoms with Gasteiger partial charge in [0.05, 0.1) is 25.3 Å². The van der Waals surface area contributed by atoms with E-state index in [9.17, 15) is 0 Å². The van der Waals surface area contributed by atoms with Crippen LogP contribution in [0, 0.1) is 0 Å². The second-order valence-electron chi connectivity index (χ2n) is 3.79. The summed E-state index contributed by atoms with van der Waals surface area (Å²) in [6.07, 6.45) is -0.370. The number of rotatable bonds is 6. The van der Waals surface area contributed by atoms with Crippen molar-refractivity contribution in [3.63, 3.8) is 0 Å². The Balaban J connectivity index is 2.77. The van der Waals surface area contributed by atoms with Crippen molar-refractivity contribution in [3.8, 4) is 11.5 Å². The average Bonchev–Trinajstić information content (AvgIpc) is 2.27. The molecule has 1 aromatic rings. The number of halogens is 1. The molecule has 96 valence electrons. The third-order valence-electron chi connectivity index (χ3n) is 2.26. The molecule has 0 aromatic heterocycles. The average molecular weight is 260 g/mol. The van der Waals surface area contributed by atoms with Gasteiger partial charge in [-0.05, 0) is 24.6 Å². The fourth-order valence-electron chi connectivity index (χ4n) is 1.50. The lowest BCUT2D eigenvalue weighted by atomic mass is 10.2. The van der Waals surface area contributed by atoms with E-state index in [0.717, 1.165) is 5.56 Å². The highest BCUT2D eigenvalue weighted by atomic mass is 35.5.